The number of carbonyl (C=O) groups is 1. The van der Waals surface area contributed by atoms with Gasteiger partial charge in [0.05, 0.1) is 24.5 Å². The maximum absolute atomic E-state index is 13.0. The van der Waals surface area contributed by atoms with Crippen LogP contribution in [0, 0.1) is 12.8 Å². The van der Waals surface area contributed by atoms with Crippen molar-refractivity contribution in [2.45, 2.75) is 33.3 Å². The van der Waals surface area contributed by atoms with Crippen molar-refractivity contribution in [3.05, 3.63) is 35.2 Å². The summed E-state index contributed by atoms with van der Waals surface area (Å²) in [5.41, 5.74) is 2.55. The summed E-state index contributed by atoms with van der Waals surface area (Å²) in [5.74, 6) is 1.38. The first-order valence-electron chi connectivity index (χ1n) is 8.78. The number of morpholine rings is 1. The van der Waals surface area contributed by atoms with Gasteiger partial charge in [-0.1, -0.05) is 13.8 Å². The number of imidazole rings is 1. The molecule has 1 saturated heterocycles. The van der Waals surface area contributed by atoms with Crippen molar-refractivity contribution >= 4 is 5.91 Å². The minimum absolute atomic E-state index is 0.00392. The number of rotatable bonds is 4. The first-order valence-corrected chi connectivity index (χ1v) is 8.78. The van der Waals surface area contributed by atoms with Gasteiger partial charge in [-0.15, -0.1) is 0 Å². The molecule has 1 amide bonds. The normalized spacial score (nSPS) is 18.2. The van der Waals surface area contributed by atoms with Gasteiger partial charge in [0.1, 0.15) is 17.6 Å². The van der Waals surface area contributed by atoms with Crippen molar-refractivity contribution in [1.82, 2.24) is 24.2 Å². The number of hydrogen-bond acceptors (Lipinski definition) is 4. The lowest BCUT2D eigenvalue weighted by Crippen LogP contribution is -2.43. The Morgan fingerprint density at radius 3 is 2.80 bits per heavy atom. The number of hydrogen-bond donors (Lipinski definition) is 0. The van der Waals surface area contributed by atoms with E-state index in [0.717, 1.165) is 23.6 Å². The van der Waals surface area contributed by atoms with Crippen LogP contribution in [0.5, 0.6) is 0 Å². The molecule has 0 saturated carbocycles. The molecule has 0 radical (unpaired) electrons. The number of ether oxygens (including phenoxy) is 1. The molecule has 1 aliphatic heterocycles. The zero-order valence-electron chi connectivity index (χ0n) is 15.7. The highest BCUT2D eigenvalue weighted by molar-refractivity contribution is 5.92. The molecule has 0 spiro atoms. The van der Waals surface area contributed by atoms with Crippen LogP contribution < -0.4 is 0 Å². The van der Waals surface area contributed by atoms with Crippen LogP contribution in [0.15, 0.2) is 12.3 Å². The lowest BCUT2D eigenvalue weighted by Gasteiger charge is -2.32. The second-order valence-corrected chi connectivity index (χ2v) is 7.20. The number of amides is 1. The first-order chi connectivity index (χ1) is 11.8. The van der Waals surface area contributed by atoms with Gasteiger partial charge in [-0.25, -0.2) is 4.98 Å². The van der Waals surface area contributed by atoms with Crippen LogP contribution in [-0.2, 0) is 25.3 Å². The Kier molecular flexibility index (Phi) is 4.94. The summed E-state index contributed by atoms with van der Waals surface area (Å²) in [6, 6.07) is 1.91. The smallest absolute Gasteiger partial charge is 0.272 e. The lowest BCUT2D eigenvalue weighted by atomic mass is 10.1. The van der Waals surface area contributed by atoms with Crippen LogP contribution >= 0.6 is 0 Å². The maximum Gasteiger partial charge on any atom is 0.272 e. The largest absolute Gasteiger partial charge is 0.367 e. The molecule has 0 aliphatic carbocycles. The summed E-state index contributed by atoms with van der Waals surface area (Å²) >= 11 is 0. The Balaban J connectivity index is 1.76. The van der Waals surface area contributed by atoms with E-state index < -0.39 is 0 Å². The van der Waals surface area contributed by atoms with Crippen molar-refractivity contribution < 1.29 is 9.53 Å². The number of carbonyl (C=O) groups excluding carboxylic acids is 1. The van der Waals surface area contributed by atoms with E-state index in [1.165, 1.54) is 0 Å². The summed E-state index contributed by atoms with van der Waals surface area (Å²) in [5, 5.41) is 4.48. The molecule has 3 heterocycles. The van der Waals surface area contributed by atoms with Crippen LogP contribution in [0.2, 0.25) is 0 Å². The quantitative estimate of drug-likeness (QED) is 0.849. The first kappa shape index (κ1) is 17.7. The van der Waals surface area contributed by atoms with Crippen molar-refractivity contribution in [3.63, 3.8) is 0 Å². The van der Waals surface area contributed by atoms with Crippen LogP contribution in [0.1, 0.15) is 47.7 Å². The van der Waals surface area contributed by atoms with E-state index in [9.17, 15) is 4.79 Å². The molecule has 25 heavy (non-hydrogen) atoms. The molecule has 0 aromatic carbocycles. The maximum atomic E-state index is 13.0. The summed E-state index contributed by atoms with van der Waals surface area (Å²) in [6.45, 7) is 7.87. The molecule has 1 atom stereocenters. The number of nitrogens with zero attached hydrogens (tertiary/aromatic N) is 5. The Morgan fingerprint density at radius 1 is 1.40 bits per heavy atom. The molecule has 3 rings (SSSR count). The van der Waals surface area contributed by atoms with E-state index in [-0.39, 0.29) is 12.0 Å². The molecule has 0 unspecified atom stereocenters. The van der Waals surface area contributed by atoms with Crippen LogP contribution in [0.3, 0.4) is 0 Å². The van der Waals surface area contributed by atoms with Gasteiger partial charge in [0, 0.05) is 26.8 Å². The molecule has 1 aliphatic rings. The molecule has 7 heteroatoms. The number of aromatic nitrogens is 4. The molecular weight excluding hydrogens is 318 g/mol. The van der Waals surface area contributed by atoms with E-state index in [0.29, 0.717) is 31.3 Å². The van der Waals surface area contributed by atoms with Crippen molar-refractivity contribution in [2.24, 2.45) is 20.0 Å². The van der Waals surface area contributed by atoms with Crippen molar-refractivity contribution in [2.75, 3.05) is 19.7 Å². The fourth-order valence-electron chi connectivity index (χ4n) is 3.33. The lowest BCUT2D eigenvalue weighted by molar-refractivity contribution is -0.0282. The van der Waals surface area contributed by atoms with Gasteiger partial charge in [-0.3, -0.25) is 9.48 Å². The Bertz CT molecular complexity index is 762. The summed E-state index contributed by atoms with van der Waals surface area (Å²) in [4.78, 5) is 19.3. The highest BCUT2D eigenvalue weighted by atomic mass is 16.5. The van der Waals surface area contributed by atoms with E-state index in [4.69, 9.17) is 4.74 Å². The van der Waals surface area contributed by atoms with Crippen LogP contribution in [-0.4, -0.2) is 49.8 Å². The van der Waals surface area contributed by atoms with Gasteiger partial charge in [0.2, 0.25) is 0 Å². The average molecular weight is 345 g/mol. The summed E-state index contributed by atoms with van der Waals surface area (Å²) < 4.78 is 9.52. The van der Waals surface area contributed by atoms with Gasteiger partial charge < -0.3 is 14.2 Å². The molecule has 7 nitrogen and oxygen atoms in total. The Hall–Kier alpha value is -2.15. The molecular formula is C18H27N5O2. The van der Waals surface area contributed by atoms with Crippen LogP contribution in [0.25, 0.3) is 0 Å². The van der Waals surface area contributed by atoms with Gasteiger partial charge in [0.25, 0.3) is 5.91 Å². The van der Waals surface area contributed by atoms with Gasteiger partial charge in [0.15, 0.2) is 0 Å². The average Bonchev–Trinajstić information content (AvgIpc) is 3.07. The predicted molar refractivity (Wildman–Crippen MR) is 94.3 cm³/mol. The van der Waals surface area contributed by atoms with E-state index in [2.05, 4.69) is 23.9 Å². The second kappa shape index (κ2) is 7.00. The number of aryl methyl sites for hydroxylation is 3. The minimum Gasteiger partial charge on any atom is -0.367 e. The molecule has 136 valence electrons. The zero-order valence-corrected chi connectivity index (χ0v) is 15.7. The predicted octanol–water partition coefficient (Wildman–Crippen LogP) is 1.87. The third-order valence-electron chi connectivity index (χ3n) is 4.44. The summed E-state index contributed by atoms with van der Waals surface area (Å²) in [7, 11) is 3.79. The van der Waals surface area contributed by atoms with E-state index in [1.807, 2.05) is 42.7 Å². The Labute approximate surface area is 148 Å². The minimum atomic E-state index is -0.195. The van der Waals surface area contributed by atoms with E-state index >= 15 is 0 Å². The molecule has 0 N–H and O–H groups in total. The fourth-order valence-corrected chi connectivity index (χ4v) is 3.33. The standard InChI is InChI=1S/C18H27N5O2/c1-12(2)8-14-9-15(22(5)20-14)18(24)23-6-7-25-16(11-23)17-19-13(3)10-21(17)4/h9-10,12,16H,6-8,11H2,1-5H3/t16-/m1/s1. The molecule has 2 aromatic heterocycles. The van der Waals surface area contributed by atoms with Crippen molar-refractivity contribution in [1.29, 1.82) is 0 Å². The monoisotopic (exact) mass is 345 g/mol. The van der Waals surface area contributed by atoms with Gasteiger partial charge >= 0.3 is 0 Å². The topological polar surface area (TPSA) is 65.2 Å². The summed E-state index contributed by atoms with van der Waals surface area (Å²) in [6.07, 6.45) is 2.65. The second-order valence-electron chi connectivity index (χ2n) is 7.20. The zero-order chi connectivity index (χ0) is 18.1. The molecule has 2 aromatic rings. The molecule has 0 bridgehead atoms. The van der Waals surface area contributed by atoms with E-state index in [1.54, 1.807) is 4.68 Å². The Morgan fingerprint density at radius 2 is 2.16 bits per heavy atom. The van der Waals surface area contributed by atoms with Crippen LogP contribution in [0.4, 0.5) is 0 Å². The fraction of sp³-hybridized carbons (Fsp3) is 0.611. The third-order valence-corrected chi connectivity index (χ3v) is 4.44. The highest BCUT2D eigenvalue weighted by Crippen LogP contribution is 2.23. The van der Waals surface area contributed by atoms with Gasteiger partial charge in [-0.2, -0.15) is 5.10 Å². The molecule has 1 fully saturated rings. The van der Waals surface area contributed by atoms with Crippen molar-refractivity contribution in [3.8, 4) is 0 Å². The SMILES string of the molecule is Cc1cn(C)c([C@H]2CN(C(=O)c3cc(CC(C)C)nn3C)CCO2)n1. The third kappa shape index (κ3) is 3.76. The van der Waals surface area contributed by atoms with Gasteiger partial charge in [-0.05, 0) is 25.3 Å². The highest BCUT2D eigenvalue weighted by Gasteiger charge is 2.30.